The van der Waals surface area contributed by atoms with Crippen LogP contribution in [0.1, 0.15) is 57.8 Å². The van der Waals surface area contributed by atoms with Crippen molar-refractivity contribution in [2.45, 2.75) is 57.8 Å². The summed E-state index contributed by atoms with van der Waals surface area (Å²) in [5, 5.41) is 0. The van der Waals surface area contributed by atoms with Crippen LogP contribution in [-0.4, -0.2) is 0 Å². The molecule has 64 valence electrons. The van der Waals surface area contributed by atoms with Crippen molar-refractivity contribution in [2.24, 2.45) is 11.8 Å². The topological polar surface area (TPSA) is 0 Å². The molecule has 0 aliphatic heterocycles. The van der Waals surface area contributed by atoms with E-state index in [1.54, 1.807) is 32.1 Å². The molecule has 0 radical (unpaired) electrons. The summed E-state index contributed by atoms with van der Waals surface area (Å²) in [7, 11) is 0. The van der Waals surface area contributed by atoms with Crippen molar-refractivity contribution in [2.75, 3.05) is 0 Å². The maximum atomic E-state index is 1.58. The van der Waals surface area contributed by atoms with Gasteiger partial charge in [-0.15, -0.1) is 0 Å². The Bertz CT molecular complexity index is 105. The summed E-state index contributed by atoms with van der Waals surface area (Å²) in [6.45, 7) is 0. The Hall–Kier alpha value is 0. The summed E-state index contributed by atoms with van der Waals surface area (Å²) in [5.74, 6) is 2.27. The number of hydrogen-bond acceptors (Lipinski definition) is 0. The third-order valence-corrected chi connectivity index (χ3v) is 3.62. The van der Waals surface area contributed by atoms with Gasteiger partial charge in [0.2, 0.25) is 0 Å². The van der Waals surface area contributed by atoms with E-state index < -0.39 is 0 Å². The largest absolute Gasteiger partial charge is 0.0533 e. The lowest BCUT2D eigenvalue weighted by Crippen LogP contribution is -2.17. The van der Waals surface area contributed by atoms with Crippen molar-refractivity contribution in [1.29, 1.82) is 0 Å². The lowest BCUT2D eigenvalue weighted by molar-refractivity contribution is 0.218. The maximum absolute atomic E-state index is 1.58. The molecule has 0 N–H and O–H groups in total. The fourth-order valence-electron chi connectivity index (χ4n) is 2.97. The first-order valence-corrected chi connectivity index (χ1v) is 5.45. The molecule has 0 nitrogen and oxygen atoms in total. The number of fused-ring (bicyclic) bond motifs is 2. The van der Waals surface area contributed by atoms with E-state index in [2.05, 4.69) is 0 Å². The van der Waals surface area contributed by atoms with Gasteiger partial charge in [-0.1, -0.05) is 51.4 Å². The molecule has 0 aromatic carbocycles. The summed E-state index contributed by atoms with van der Waals surface area (Å²) in [5.41, 5.74) is 0. The molecular formula is C11H20. The Morgan fingerprint density at radius 2 is 1.09 bits per heavy atom. The van der Waals surface area contributed by atoms with Crippen LogP contribution < -0.4 is 0 Å². The van der Waals surface area contributed by atoms with E-state index in [4.69, 9.17) is 0 Å². The SMILES string of the molecule is C1CC[C@H]2CCC[C@H](CC1)C2. The summed E-state index contributed by atoms with van der Waals surface area (Å²) in [6, 6.07) is 0. The number of rotatable bonds is 0. The van der Waals surface area contributed by atoms with Crippen LogP contribution in [0.15, 0.2) is 0 Å². The second-order valence-electron chi connectivity index (χ2n) is 4.54. The molecule has 2 aliphatic rings. The van der Waals surface area contributed by atoms with Gasteiger partial charge >= 0.3 is 0 Å². The molecule has 2 bridgehead atoms. The van der Waals surface area contributed by atoms with Crippen LogP contribution in [0.2, 0.25) is 0 Å². The molecule has 0 saturated heterocycles. The van der Waals surface area contributed by atoms with Crippen molar-refractivity contribution < 1.29 is 0 Å². The first-order valence-electron chi connectivity index (χ1n) is 5.45. The lowest BCUT2D eigenvalue weighted by atomic mass is 9.75. The van der Waals surface area contributed by atoms with Crippen molar-refractivity contribution >= 4 is 0 Å². The van der Waals surface area contributed by atoms with Crippen LogP contribution in [0.5, 0.6) is 0 Å². The average Bonchev–Trinajstić information content (AvgIpc) is 2.02. The minimum absolute atomic E-state index is 1.13. The average molecular weight is 152 g/mol. The summed E-state index contributed by atoms with van der Waals surface area (Å²) < 4.78 is 0. The molecule has 2 atom stereocenters. The zero-order chi connectivity index (χ0) is 7.52. The third-order valence-electron chi connectivity index (χ3n) is 3.62. The number of hydrogen-bond donors (Lipinski definition) is 0. The summed E-state index contributed by atoms with van der Waals surface area (Å²) >= 11 is 0. The van der Waals surface area contributed by atoms with E-state index in [1.165, 1.54) is 25.7 Å². The fourth-order valence-corrected chi connectivity index (χ4v) is 2.97. The van der Waals surface area contributed by atoms with Crippen LogP contribution in [0.3, 0.4) is 0 Å². The van der Waals surface area contributed by atoms with Crippen molar-refractivity contribution in [1.82, 2.24) is 0 Å². The Morgan fingerprint density at radius 1 is 0.545 bits per heavy atom. The molecule has 0 unspecified atom stereocenters. The molecular weight excluding hydrogens is 132 g/mol. The monoisotopic (exact) mass is 152 g/mol. The Balaban J connectivity index is 1.90. The zero-order valence-electron chi connectivity index (χ0n) is 7.52. The second-order valence-corrected chi connectivity index (χ2v) is 4.54. The summed E-state index contributed by atoms with van der Waals surface area (Å²) in [6.07, 6.45) is 13.9. The van der Waals surface area contributed by atoms with Crippen molar-refractivity contribution in [3.63, 3.8) is 0 Å². The van der Waals surface area contributed by atoms with E-state index in [-0.39, 0.29) is 0 Å². The second kappa shape index (κ2) is 3.60. The van der Waals surface area contributed by atoms with Crippen LogP contribution in [0.25, 0.3) is 0 Å². The first kappa shape index (κ1) is 7.64. The molecule has 0 heterocycles. The minimum atomic E-state index is 1.13. The normalized spacial score (nSPS) is 39.3. The van der Waals surface area contributed by atoms with Crippen LogP contribution in [0.4, 0.5) is 0 Å². The van der Waals surface area contributed by atoms with E-state index in [0.29, 0.717) is 0 Å². The van der Waals surface area contributed by atoms with Gasteiger partial charge in [-0.2, -0.15) is 0 Å². The highest BCUT2D eigenvalue weighted by Gasteiger charge is 2.22. The fraction of sp³-hybridized carbons (Fsp3) is 1.00. The highest BCUT2D eigenvalue weighted by Crippen LogP contribution is 2.36. The van der Waals surface area contributed by atoms with Gasteiger partial charge < -0.3 is 0 Å². The minimum Gasteiger partial charge on any atom is -0.0533 e. The van der Waals surface area contributed by atoms with Crippen molar-refractivity contribution in [3.05, 3.63) is 0 Å². The third kappa shape index (κ3) is 1.98. The molecule has 0 aromatic heterocycles. The molecule has 0 aromatic rings. The highest BCUT2D eigenvalue weighted by molar-refractivity contribution is 4.75. The maximum Gasteiger partial charge on any atom is -0.0412 e. The van der Waals surface area contributed by atoms with Crippen LogP contribution >= 0.6 is 0 Å². The Labute approximate surface area is 70.4 Å². The summed E-state index contributed by atoms with van der Waals surface area (Å²) in [4.78, 5) is 0. The standard InChI is InChI=1S/C11H20/c1-2-5-10-7-4-8-11(9-10)6-3-1/h10-11H,1-9H2/t10-,11-/m0/s1. The van der Waals surface area contributed by atoms with Gasteiger partial charge in [-0.25, -0.2) is 0 Å². The first-order chi connectivity index (χ1) is 5.45. The van der Waals surface area contributed by atoms with E-state index in [0.717, 1.165) is 11.8 Å². The van der Waals surface area contributed by atoms with Crippen LogP contribution in [-0.2, 0) is 0 Å². The molecule has 0 heteroatoms. The van der Waals surface area contributed by atoms with Gasteiger partial charge in [0.1, 0.15) is 0 Å². The molecule has 2 rings (SSSR count). The highest BCUT2D eigenvalue weighted by atomic mass is 14.3. The van der Waals surface area contributed by atoms with Gasteiger partial charge in [0, 0.05) is 0 Å². The molecule has 0 amide bonds. The van der Waals surface area contributed by atoms with E-state index >= 15 is 0 Å². The van der Waals surface area contributed by atoms with Gasteiger partial charge in [-0.3, -0.25) is 0 Å². The lowest BCUT2D eigenvalue weighted by Gasteiger charge is -2.31. The van der Waals surface area contributed by atoms with Gasteiger partial charge in [0.05, 0.1) is 0 Å². The van der Waals surface area contributed by atoms with E-state index in [9.17, 15) is 0 Å². The Morgan fingerprint density at radius 3 is 1.73 bits per heavy atom. The van der Waals surface area contributed by atoms with Crippen LogP contribution in [0, 0.1) is 11.8 Å². The quantitative estimate of drug-likeness (QED) is 0.496. The molecule has 2 fully saturated rings. The Kier molecular flexibility index (Phi) is 2.50. The molecule has 2 saturated carbocycles. The molecule has 2 aliphatic carbocycles. The predicted molar refractivity (Wildman–Crippen MR) is 48.5 cm³/mol. The molecule has 0 spiro atoms. The zero-order valence-corrected chi connectivity index (χ0v) is 7.52. The van der Waals surface area contributed by atoms with Crippen molar-refractivity contribution in [3.8, 4) is 0 Å². The van der Waals surface area contributed by atoms with Gasteiger partial charge in [-0.05, 0) is 18.3 Å². The van der Waals surface area contributed by atoms with E-state index in [1.807, 2.05) is 0 Å². The smallest absolute Gasteiger partial charge is 0.0412 e. The predicted octanol–water partition coefficient (Wildman–Crippen LogP) is 3.76. The van der Waals surface area contributed by atoms with Gasteiger partial charge in [0.15, 0.2) is 0 Å². The molecule has 11 heavy (non-hydrogen) atoms. The van der Waals surface area contributed by atoms with Gasteiger partial charge in [0.25, 0.3) is 0 Å².